The molecule has 0 amide bonds. The summed E-state index contributed by atoms with van der Waals surface area (Å²) in [6.07, 6.45) is 3.68. The smallest absolute Gasteiger partial charge is 0.265 e. The average molecular weight is 268 g/mol. The largest absolute Gasteiger partial charge is 0.399 e. The molecular weight excluding hydrogens is 246 g/mol. The van der Waals surface area contributed by atoms with Gasteiger partial charge in [0.15, 0.2) is 0 Å². The van der Waals surface area contributed by atoms with Crippen LogP contribution in [-0.4, -0.2) is 6.04 Å². The van der Waals surface area contributed by atoms with Crippen LogP contribution in [-0.2, 0) is 0 Å². The van der Waals surface area contributed by atoms with E-state index in [2.05, 4.69) is 12.2 Å². The fourth-order valence-electron chi connectivity index (χ4n) is 2.89. The lowest BCUT2D eigenvalue weighted by molar-refractivity contribution is 0.152. The number of hydrogen-bond donors (Lipinski definition) is 2. The molecule has 0 heterocycles. The van der Waals surface area contributed by atoms with Crippen LogP contribution in [0.4, 0.5) is 20.2 Å². The molecule has 0 bridgehead atoms. The van der Waals surface area contributed by atoms with Gasteiger partial charge in [-0.25, -0.2) is 8.78 Å². The van der Waals surface area contributed by atoms with E-state index in [4.69, 9.17) is 5.73 Å². The molecule has 0 aromatic heterocycles. The van der Waals surface area contributed by atoms with E-state index in [1.165, 1.54) is 38.2 Å². The van der Waals surface area contributed by atoms with Crippen LogP contribution in [0.5, 0.6) is 0 Å². The first-order valence-electron chi connectivity index (χ1n) is 7.02. The maximum atomic E-state index is 13.0. The molecule has 3 N–H and O–H groups in total. The van der Waals surface area contributed by atoms with E-state index in [0.717, 1.165) is 0 Å². The van der Waals surface area contributed by atoms with E-state index >= 15 is 0 Å². The number of anilines is 2. The normalized spacial score (nSPS) is 18.5. The van der Waals surface area contributed by atoms with Crippen molar-refractivity contribution < 1.29 is 8.78 Å². The van der Waals surface area contributed by atoms with Gasteiger partial charge in [-0.05, 0) is 43.9 Å². The molecule has 2 rings (SSSR count). The third kappa shape index (κ3) is 3.58. The van der Waals surface area contributed by atoms with Crippen molar-refractivity contribution in [1.82, 2.24) is 0 Å². The summed E-state index contributed by atoms with van der Waals surface area (Å²) in [5.74, 6) is 0.580. The fraction of sp³-hybridized carbons (Fsp3) is 0.600. The first-order chi connectivity index (χ1) is 9.08. The Balaban J connectivity index is 2.09. The number of nitrogen functional groups attached to an aromatic ring is 1. The first-order valence-corrected chi connectivity index (χ1v) is 7.02. The summed E-state index contributed by atoms with van der Waals surface area (Å²) in [4.78, 5) is 0. The quantitative estimate of drug-likeness (QED) is 0.784. The molecule has 19 heavy (non-hydrogen) atoms. The van der Waals surface area contributed by atoms with E-state index in [1.807, 2.05) is 0 Å². The molecule has 1 unspecified atom stereocenters. The highest BCUT2D eigenvalue weighted by Gasteiger charge is 2.22. The predicted octanol–water partition coefficient (Wildman–Crippen LogP) is 4.59. The number of rotatable bonds is 4. The van der Waals surface area contributed by atoms with E-state index < -0.39 is 6.43 Å². The van der Waals surface area contributed by atoms with Gasteiger partial charge in [-0.2, -0.15) is 0 Å². The standard InChI is InChI=1S/C15H22F2N2/c1-10(11-5-3-2-4-6-11)19-14-8-7-12(18)9-13(14)15(16)17/h7-11,15,19H,2-6,18H2,1H3. The van der Waals surface area contributed by atoms with Crippen molar-refractivity contribution in [2.75, 3.05) is 11.1 Å². The molecule has 4 heteroatoms. The van der Waals surface area contributed by atoms with Crippen molar-refractivity contribution in [2.24, 2.45) is 5.92 Å². The van der Waals surface area contributed by atoms with Crippen LogP contribution in [0, 0.1) is 5.92 Å². The second-order valence-electron chi connectivity index (χ2n) is 5.48. The molecule has 1 saturated carbocycles. The Labute approximate surface area is 113 Å². The minimum Gasteiger partial charge on any atom is -0.399 e. The summed E-state index contributed by atoms with van der Waals surface area (Å²) in [6.45, 7) is 2.08. The summed E-state index contributed by atoms with van der Waals surface area (Å²) < 4.78 is 26.0. The van der Waals surface area contributed by atoms with Gasteiger partial charge < -0.3 is 11.1 Å². The Morgan fingerprint density at radius 3 is 2.53 bits per heavy atom. The average Bonchev–Trinajstić information content (AvgIpc) is 2.41. The van der Waals surface area contributed by atoms with Crippen molar-refractivity contribution in [3.8, 4) is 0 Å². The molecule has 1 atom stereocenters. The Bertz CT molecular complexity index is 415. The number of halogens is 2. The van der Waals surface area contributed by atoms with Gasteiger partial charge in [0.05, 0.1) is 0 Å². The van der Waals surface area contributed by atoms with Crippen LogP contribution in [0.25, 0.3) is 0 Å². The maximum Gasteiger partial charge on any atom is 0.265 e. The number of nitrogens with two attached hydrogens (primary N) is 1. The third-order valence-electron chi connectivity index (χ3n) is 4.05. The van der Waals surface area contributed by atoms with E-state index in [-0.39, 0.29) is 11.6 Å². The van der Waals surface area contributed by atoms with Gasteiger partial charge in [0.2, 0.25) is 0 Å². The molecule has 1 fully saturated rings. The number of benzene rings is 1. The van der Waals surface area contributed by atoms with Gasteiger partial charge in [-0.3, -0.25) is 0 Å². The van der Waals surface area contributed by atoms with Gasteiger partial charge in [0, 0.05) is 23.0 Å². The monoisotopic (exact) mass is 268 g/mol. The lowest BCUT2D eigenvalue weighted by Gasteiger charge is -2.29. The zero-order valence-electron chi connectivity index (χ0n) is 11.3. The summed E-state index contributed by atoms with van der Waals surface area (Å²) in [6, 6.07) is 4.92. The molecule has 2 nitrogen and oxygen atoms in total. The Morgan fingerprint density at radius 1 is 1.21 bits per heavy atom. The van der Waals surface area contributed by atoms with Crippen molar-refractivity contribution in [2.45, 2.75) is 51.5 Å². The number of nitrogens with one attached hydrogen (secondary N) is 1. The number of hydrogen-bond acceptors (Lipinski definition) is 2. The van der Waals surface area contributed by atoms with Gasteiger partial charge in [0.25, 0.3) is 6.43 Å². The summed E-state index contributed by atoms with van der Waals surface area (Å²) in [5.41, 5.74) is 6.48. The van der Waals surface area contributed by atoms with Crippen LogP contribution in [0.1, 0.15) is 51.0 Å². The van der Waals surface area contributed by atoms with Crippen LogP contribution in [0.2, 0.25) is 0 Å². The van der Waals surface area contributed by atoms with Crippen molar-refractivity contribution >= 4 is 11.4 Å². The second kappa shape index (κ2) is 6.22. The fourth-order valence-corrected chi connectivity index (χ4v) is 2.89. The van der Waals surface area contributed by atoms with E-state index in [1.54, 1.807) is 12.1 Å². The molecule has 0 spiro atoms. The summed E-state index contributed by atoms with van der Waals surface area (Å²) in [5, 5.41) is 3.25. The minimum absolute atomic E-state index is 0.00246. The van der Waals surface area contributed by atoms with Crippen LogP contribution in [0.15, 0.2) is 18.2 Å². The second-order valence-corrected chi connectivity index (χ2v) is 5.48. The SMILES string of the molecule is CC(Nc1ccc(N)cc1C(F)F)C1CCCCC1. The topological polar surface area (TPSA) is 38.0 Å². The van der Waals surface area contributed by atoms with E-state index in [0.29, 0.717) is 17.3 Å². The maximum absolute atomic E-state index is 13.0. The van der Waals surface area contributed by atoms with Crippen molar-refractivity contribution in [3.05, 3.63) is 23.8 Å². The lowest BCUT2D eigenvalue weighted by Crippen LogP contribution is -2.28. The van der Waals surface area contributed by atoms with E-state index in [9.17, 15) is 8.78 Å². The molecular formula is C15H22F2N2. The lowest BCUT2D eigenvalue weighted by atomic mass is 9.84. The summed E-state index contributed by atoms with van der Waals surface area (Å²) in [7, 11) is 0. The molecule has 1 aromatic rings. The molecule has 1 aliphatic rings. The predicted molar refractivity (Wildman–Crippen MR) is 75.5 cm³/mol. The number of alkyl halides is 2. The summed E-state index contributed by atoms with van der Waals surface area (Å²) >= 11 is 0. The Kier molecular flexibility index (Phi) is 4.61. The van der Waals surface area contributed by atoms with Gasteiger partial charge in [0.1, 0.15) is 0 Å². The Hall–Kier alpha value is -1.32. The molecule has 1 aliphatic carbocycles. The molecule has 106 valence electrons. The molecule has 0 aliphatic heterocycles. The zero-order chi connectivity index (χ0) is 13.8. The highest BCUT2D eigenvalue weighted by Crippen LogP contribution is 2.32. The van der Waals surface area contributed by atoms with Gasteiger partial charge in [-0.15, -0.1) is 0 Å². The van der Waals surface area contributed by atoms with Crippen LogP contribution < -0.4 is 11.1 Å². The molecule has 0 saturated heterocycles. The first kappa shape index (κ1) is 14.1. The van der Waals surface area contributed by atoms with Crippen molar-refractivity contribution in [3.63, 3.8) is 0 Å². The minimum atomic E-state index is -2.50. The molecule has 0 radical (unpaired) electrons. The third-order valence-corrected chi connectivity index (χ3v) is 4.05. The highest BCUT2D eigenvalue weighted by atomic mass is 19.3. The van der Waals surface area contributed by atoms with Crippen LogP contribution in [0.3, 0.4) is 0 Å². The van der Waals surface area contributed by atoms with Gasteiger partial charge >= 0.3 is 0 Å². The van der Waals surface area contributed by atoms with Crippen molar-refractivity contribution in [1.29, 1.82) is 0 Å². The molecule has 1 aromatic carbocycles. The van der Waals surface area contributed by atoms with Gasteiger partial charge in [-0.1, -0.05) is 19.3 Å². The highest BCUT2D eigenvalue weighted by molar-refractivity contribution is 5.59. The zero-order valence-corrected chi connectivity index (χ0v) is 11.3. The van der Waals surface area contributed by atoms with Crippen LogP contribution >= 0.6 is 0 Å². The Morgan fingerprint density at radius 2 is 1.89 bits per heavy atom.